The van der Waals surface area contributed by atoms with E-state index in [0.717, 1.165) is 34.0 Å². The lowest BCUT2D eigenvalue weighted by atomic mass is 9.86. The second-order valence-electron chi connectivity index (χ2n) is 9.20. The Morgan fingerprint density at radius 3 is 2.11 bits per heavy atom. The minimum absolute atomic E-state index is 0.0845. The zero-order chi connectivity index (χ0) is 25.7. The largest absolute Gasteiger partial charge is 0.497 e. The van der Waals surface area contributed by atoms with Gasteiger partial charge in [0, 0.05) is 16.9 Å². The zero-order valence-electron chi connectivity index (χ0n) is 21.1. The summed E-state index contributed by atoms with van der Waals surface area (Å²) in [7, 11) is 3.27. The van der Waals surface area contributed by atoms with Crippen LogP contribution in [0.15, 0.2) is 78.0 Å². The molecule has 0 spiro atoms. The van der Waals surface area contributed by atoms with Gasteiger partial charge in [0.25, 0.3) is 0 Å². The molecule has 0 unspecified atom stereocenters. The van der Waals surface area contributed by atoms with Crippen LogP contribution in [0.5, 0.6) is 11.5 Å². The van der Waals surface area contributed by atoms with Crippen molar-refractivity contribution in [2.45, 2.75) is 31.3 Å². The van der Waals surface area contributed by atoms with Gasteiger partial charge in [0.2, 0.25) is 5.91 Å². The monoisotopic (exact) mass is 502 g/mol. The lowest BCUT2D eigenvalue weighted by Gasteiger charge is -2.23. The van der Waals surface area contributed by atoms with Gasteiger partial charge in [0.05, 0.1) is 20.0 Å². The van der Waals surface area contributed by atoms with Crippen molar-refractivity contribution >= 4 is 23.4 Å². The highest BCUT2D eigenvalue weighted by Gasteiger charge is 2.20. The van der Waals surface area contributed by atoms with E-state index in [4.69, 9.17) is 9.47 Å². The zero-order valence-corrected chi connectivity index (χ0v) is 21.9. The summed E-state index contributed by atoms with van der Waals surface area (Å²) < 4.78 is 12.5. The molecule has 4 aromatic rings. The topological polar surface area (TPSA) is 78.3 Å². The van der Waals surface area contributed by atoms with Crippen LogP contribution in [0.2, 0.25) is 0 Å². The van der Waals surface area contributed by atoms with E-state index in [9.17, 15) is 4.79 Å². The molecule has 0 saturated carbocycles. The number of carbonyl (C=O) groups is 1. The Morgan fingerprint density at radius 1 is 0.889 bits per heavy atom. The first kappa shape index (κ1) is 25.3. The molecule has 3 aromatic carbocycles. The first-order chi connectivity index (χ1) is 17.3. The van der Waals surface area contributed by atoms with Crippen molar-refractivity contribution < 1.29 is 14.3 Å². The molecule has 36 heavy (non-hydrogen) atoms. The molecule has 0 saturated heterocycles. The molecule has 0 fully saturated rings. The van der Waals surface area contributed by atoms with E-state index >= 15 is 0 Å². The number of anilines is 1. The number of benzene rings is 3. The Labute approximate surface area is 215 Å². The van der Waals surface area contributed by atoms with Crippen LogP contribution in [-0.4, -0.2) is 40.6 Å². The van der Waals surface area contributed by atoms with Crippen LogP contribution in [0.1, 0.15) is 26.3 Å². The van der Waals surface area contributed by atoms with Gasteiger partial charge in [-0.15, -0.1) is 10.2 Å². The summed E-state index contributed by atoms with van der Waals surface area (Å²) >= 11 is 1.34. The second kappa shape index (κ2) is 10.9. The predicted octanol–water partition coefficient (Wildman–Crippen LogP) is 5.98. The van der Waals surface area contributed by atoms with Gasteiger partial charge in [-0.2, -0.15) is 0 Å². The minimum Gasteiger partial charge on any atom is -0.497 e. The number of nitrogens with one attached hydrogen (secondary N) is 1. The standard InChI is InChI=1S/C28H30N4O3S/c1-28(2,3)23-8-6-7-9-24(23)29-25(33)18-36-27-31-30-26(19-10-14-21(34-4)15-11-19)32(27)20-12-16-22(35-5)17-13-20/h6-17H,18H2,1-5H3,(H,29,33). The molecule has 8 heteroatoms. The molecule has 1 amide bonds. The van der Waals surface area contributed by atoms with Gasteiger partial charge in [0.15, 0.2) is 11.0 Å². The SMILES string of the molecule is COc1ccc(-c2nnc(SCC(=O)Nc3ccccc3C(C)(C)C)n2-c2ccc(OC)cc2)cc1. The van der Waals surface area contributed by atoms with Crippen molar-refractivity contribution in [3.8, 4) is 28.6 Å². The Kier molecular flexibility index (Phi) is 7.64. The molecule has 1 N–H and O–H groups in total. The smallest absolute Gasteiger partial charge is 0.234 e. The number of hydrogen-bond donors (Lipinski definition) is 1. The van der Waals surface area contributed by atoms with Gasteiger partial charge in [-0.25, -0.2) is 0 Å². The van der Waals surface area contributed by atoms with Gasteiger partial charge in [-0.05, 0) is 65.6 Å². The number of carbonyl (C=O) groups excluding carboxylic acids is 1. The first-order valence-electron chi connectivity index (χ1n) is 11.6. The summed E-state index contributed by atoms with van der Waals surface area (Å²) in [5, 5.41) is 12.6. The number of ether oxygens (including phenoxy) is 2. The van der Waals surface area contributed by atoms with Crippen molar-refractivity contribution in [2.24, 2.45) is 0 Å². The van der Waals surface area contributed by atoms with Gasteiger partial charge >= 0.3 is 0 Å². The van der Waals surface area contributed by atoms with E-state index in [-0.39, 0.29) is 17.1 Å². The van der Waals surface area contributed by atoms with Crippen LogP contribution in [0.3, 0.4) is 0 Å². The summed E-state index contributed by atoms with van der Waals surface area (Å²) in [5.74, 6) is 2.27. The Balaban J connectivity index is 1.60. The van der Waals surface area contributed by atoms with E-state index in [1.165, 1.54) is 11.8 Å². The van der Waals surface area contributed by atoms with Crippen LogP contribution >= 0.6 is 11.8 Å². The minimum atomic E-state index is -0.105. The number of hydrogen-bond acceptors (Lipinski definition) is 6. The number of nitrogens with zero attached hydrogens (tertiary/aromatic N) is 3. The third kappa shape index (κ3) is 5.71. The fraction of sp³-hybridized carbons (Fsp3) is 0.250. The van der Waals surface area contributed by atoms with E-state index in [1.807, 2.05) is 77.4 Å². The van der Waals surface area contributed by atoms with Crippen LogP contribution in [-0.2, 0) is 10.2 Å². The average molecular weight is 503 g/mol. The third-order valence-corrected chi connectivity index (χ3v) is 6.58. The summed E-state index contributed by atoms with van der Waals surface area (Å²) in [6.45, 7) is 6.39. The molecule has 0 atom stereocenters. The Bertz CT molecular complexity index is 1330. The molecular formula is C28H30N4O3S. The number of amides is 1. The van der Waals surface area contributed by atoms with Crippen LogP contribution in [0.4, 0.5) is 5.69 Å². The molecule has 1 heterocycles. The predicted molar refractivity (Wildman–Crippen MR) is 144 cm³/mol. The van der Waals surface area contributed by atoms with Gasteiger partial charge in [-0.1, -0.05) is 50.7 Å². The van der Waals surface area contributed by atoms with Crippen molar-refractivity contribution in [1.29, 1.82) is 0 Å². The van der Waals surface area contributed by atoms with Crippen LogP contribution in [0.25, 0.3) is 17.1 Å². The van der Waals surface area contributed by atoms with E-state index in [2.05, 4.69) is 36.3 Å². The summed E-state index contributed by atoms with van der Waals surface area (Å²) in [6, 6.07) is 23.2. The van der Waals surface area contributed by atoms with Gasteiger partial charge in [0.1, 0.15) is 11.5 Å². The average Bonchev–Trinajstić information content (AvgIpc) is 3.31. The van der Waals surface area contributed by atoms with Crippen LogP contribution in [0, 0.1) is 0 Å². The molecule has 0 radical (unpaired) electrons. The van der Waals surface area contributed by atoms with Crippen molar-refractivity contribution in [3.05, 3.63) is 78.4 Å². The van der Waals surface area contributed by atoms with Crippen molar-refractivity contribution in [2.75, 3.05) is 25.3 Å². The van der Waals surface area contributed by atoms with Crippen LogP contribution < -0.4 is 14.8 Å². The lowest BCUT2D eigenvalue weighted by molar-refractivity contribution is -0.113. The summed E-state index contributed by atoms with van der Waals surface area (Å²) in [4.78, 5) is 12.9. The maximum atomic E-state index is 12.9. The van der Waals surface area contributed by atoms with E-state index in [1.54, 1.807) is 14.2 Å². The number of methoxy groups -OCH3 is 2. The lowest BCUT2D eigenvalue weighted by Crippen LogP contribution is -2.20. The van der Waals surface area contributed by atoms with E-state index < -0.39 is 0 Å². The molecule has 1 aromatic heterocycles. The number of aromatic nitrogens is 3. The highest BCUT2D eigenvalue weighted by Crippen LogP contribution is 2.31. The molecular weight excluding hydrogens is 472 g/mol. The summed E-state index contributed by atoms with van der Waals surface area (Å²) in [6.07, 6.45) is 0. The number of para-hydroxylation sites is 1. The van der Waals surface area contributed by atoms with Crippen molar-refractivity contribution in [3.63, 3.8) is 0 Å². The molecule has 0 aliphatic carbocycles. The Morgan fingerprint density at radius 2 is 1.50 bits per heavy atom. The van der Waals surface area contributed by atoms with Crippen molar-refractivity contribution in [1.82, 2.24) is 14.8 Å². The van der Waals surface area contributed by atoms with Gasteiger partial charge in [-0.3, -0.25) is 9.36 Å². The maximum Gasteiger partial charge on any atom is 0.234 e. The molecule has 7 nitrogen and oxygen atoms in total. The highest BCUT2D eigenvalue weighted by atomic mass is 32.2. The molecule has 186 valence electrons. The maximum absolute atomic E-state index is 12.9. The fourth-order valence-electron chi connectivity index (χ4n) is 3.82. The molecule has 4 rings (SSSR count). The normalized spacial score (nSPS) is 11.2. The van der Waals surface area contributed by atoms with E-state index in [0.29, 0.717) is 11.0 Å². The fourth-order valence-corrected chi connectivity index (χ4v) is 4.57. The third-order valence-electron chi connectivity index (χ3n) is 5.65. The first-order valence-corrected chi connectivity index (χ1v) is 12.5. The molecule has 0 aliphatic rings. The number of thioether (sulfide) groups is 1. The van der Waals surface area contributed by atoms with Gasteiger partial charge < -0.3 is 14.8 Å². The molecule has 0 bridgehead atoms. The Hall–Kier alpha value is -3.78. The highest BCUT2D eigenvalue weighted by molar-refractivity contribution is 7.99. The summed E-state index contributed by atoms with van der Waals surface area (Å²) in [5.41, 5.74) is 3.58. The molecule has 0 aliphatic heterocycles. The second-order valence-corrected chi connectivity index (χ2v) is 10.1. The number of rotatable bonds is 8. The quantitative estimate of drug-likeness (QED) is 0.299.